The quantitative estimate of drug-likeness (QED) is 0.787. The van der Waals surface area contributed by atoms with E-state index in [2.05, 4.69) is 12.1 Å². The number of benzene rings is 2. The second-order valence-corrected chi connectivity index (χ2v) is 7.53. The summed E-state index contributed by atoms with van der Waals surface area (Å²) in [4.78, 5) is 12.8. The van der Waals surface area contributed by atoms with Crippen molar-refractivity contribution in [3.05, 3.63) is 65.7 Å². The van der Waals surface area contributed by atoms with Crippen LogP contribution in [0, 0.1) is 12.8 Å². The van der Waals surface area contributed by atoms with Crippen molar-refractivity contribution in [2.24, 2.45) is 5.92 Å². The Bertz CT molecular complexity index is 694. The number of carbonyl (C=O) groups is 1. The molecule has 0 bridgehead atoms. The zero-order valence-electron chi connectivity index (χ0n) is 13.1. The molecule has 0 aliphatic carbocycles. The number of ether oxygens (including phenoxy) is 1. The minimum atomic E-state index is -1.30. The van der Waals surface area contributed by atoms with Gasteiger partial charge >= 0.3 is 5.97 Å². The van der Waals surface area contributed by atoms with Crippen LogP contribution in [0.25, 0.3) is 0 Å². The first-order chi connectivity index (χ1) is 11.1. The third kappa shape index (κ3) is 3.88. The fourth-order valence-electron chi connectivity index (χ4n) is 2.78. The van der Waals surface area contributed by atoms with Gasteiger partial charge in [0.15, 0.2) is 5.44 Å². The fourth-order valence-corrected chi connectivity index (χ4v) is 4.08. The molecule has 3 atom stereocenters. The molecule has 0 saturated carbocycles. The molecule has 1 fully saturated rings. The molecule has 1 heterocycles. The van der Waals surface area contributed by atoms with Gasteiger partial charge in [0, 0.05) is 11.3 Å². The minimum absolute atomic E-state index is 0.158. The van der Waals surface area contributed by atoms with Gasteiger partial charge in [-0.05, 0) is 37.5 Å². The molecule has 3 rings (SSSR count). The van der Waals surface area contributed by atoms with Crippen LogP contribution in [0.15, 0.2) is 59.5 Å². The molecule has 1 unspecified atom stereocenters. The highest BCUT2D eigenvalue weighted by Gasteiger charge is 2.37. The van der Waals surface area contributed by atoms with Crippen LogP contribution < -0.4 is 0 Å². The topological polar surface area (TPSA) is 43.4 Å². The van der Waals surface area contributed by atoms with Gasteiger partial charge < -0.3 is 4.74 Å². The largest absolute Gasteiger partial charge is 0.448 e. The average molecular weight is 328 g/mol. The maximum atomic E-state index is 12.6. The molecule has 23 heavy (non-hydrogen) atoms. The molecule has 0 N–H and O–H groups in total. The summed E-state index contributed by atoms with van der Waals surface area (Å²) in [7, 11) is -1.30. The van der Waals surface area contributed by atoms with E-state index in [4.69, 9.17) is 4.74 Å². The Morgan fingerprint density at radius 1 is 1.09 bits per heavy atom. The maximum absolute atomic E-state index is 12.6. The highest BCUT2D eigenvalue weighted by Crippen LogP contribution is 2.30. The molecular formula is C19H20O3S. The van der Waals surface area contributed by atoms with E-state index in [1.54, 1.807) is 0 Å². The smallest absolute Gasteiger partial charge is 0.310 e. The van der Waals surface area contributed by atoms with Crippen molar-refractivity contribution >= 4 is 16.8 Å². The third-order valence-electron chi connectivity index (χ3n) is 4.17. The molecule has 0 amide bonds. The summed E-state index contributed by atoms with van der Waals surface area (Å²) in [5.74, 6) is -0.374. The average Bonchev–Trinajstić information content (AvgIpc) is 2.95. The van der Waals surface area contributed by atoms with Gasteiger partial charge in [-0.1, -0.05) is 48.0 Å². The molecular weight excluding hydrogens is 308 g/mol. The van der Waals surface area contributed by atoms with E-state index >= 15 is 0 Å². The van der Waals surface area contributed by atoms with Crippen molar-refractivity contribution in [1.29, 1.82) is 0 Å². The normalized spacial score (nSPS) is 21.9. The number of carbonyl (C=O) groups excluding carboxylic acids is 1. The van der Waals surface area contributed by atoms with Crippen molar-refractivity contribution in [2.75, 3.05) is 0 Å². The van der Waals surface area contributed by atoms with Gasteiger partial charge in [0.05, 0.1) is 16.7 Å². The lowest BCUT2D eigenvalue weighted by atomic mass is 9.98. The number of aryl methyl sites for hydroxylation is 2. The first kappa shape index (κ1) is 15.9. The summed E-state index contributed by atoms with van der Waals surface area (Å²) in [6, 6.07) is 17.6. The first-order valence-corrected chi connectivity index (χ1v) is 9.06. The van der Waals surface area contributed by atoms with Gasteiger partial charge in [-0.25, -0.2) is 0 Å². The van der Waals surface area contributed by atoms with E-state index in [0.717, 1.165) is 23.3 Å². The Hall–Kier alpha value is -1.94. The van der Waals surface area contributed by atoms with Crippen LogP contribution in [0.5, 0.6) is 0 Å². The molecule has 0 spiro atoms. The van der Waals surface area contributed by atoms with Gasteiger partial charge in [-0.3, -0.25) is 9.00 Å². The van der Waals surface area contributed by atoms with E-state index in [0.29, 0.717) is 6.42 Å². The Morgan fingerprint density at radius 3 is 2.48 bits per heavy atom. The number of esters is 1. The van der Waals surface area contributed by atoms with Crippen molar-refractivity contribution in [2.45, 2.75) is 36.5 Å². The third-order valence-corrected chi connectivity index (χ3v) is 5.68. The lowest BCUT2D eigenvalue weighted by Gasteiger charge is -2.09. The van der Waals surface area contributed by atoms with E-state index in [1.807, 2.05) is 49.4 Å². The van der Waals surface area contributed by atoms with E-state index in [-0.39, 0.29) is 11.9 Å². The van der Waals surface area contributed by atoms with Crippen molar-refractivity contribution in [3.8, 4) is 0 Å². The summed E-state index contributed by atoms with van der Waals surface area (Å²) >= 11 is 0. The summed E-state index contributed by atoms with van der Waals surface area (Å²) in [6.45, 7) is 1.99. The lowest BCUT2D eigenvalue weighted by molar-refractivity contribution is -0.142. The van der Waals surface area contributed by atoms with Crippen LogP contribution in [0.1, 0.15) is 24.0 Å². The molecule has 0 aromatic heterocycles. The van der Waals surface area contributed by atoms with Gasteiger partial charge in [0.2, 0.25) is 0 Å². The highest BCUT2D eigenvalue weighted by atomic mass is 32.2. The van der Waals surface area contributed by atoms with Gasteiger partial charge in [0.25, 0.3) is 0 Å². The number of cyclic esters (lactones) is 1. The predicted molar refractivity (Wildman–Crippen MR) is 90.3 cm³/mol. The fraction of sp³-hybridized carbons (Fsp3) is 0.316. The van der Waals surface area contributed by atoms with Gasteiger partial charge in [0.1, 0.15) is 0 Å². The molecule has 1 aliphatic heterocycles. The number of hydrogen-bond donors (Lipinski definition) is 0. The van der Waals surface area contributed by atoms with Crippen LogP contribution in [0.4, 0.5) is 0 Å². The molecule has 1 saturated heterocycles. The summed E-state index contributed by atoms with van der Waals surface area (Å²) in [5.41, 5.74) is 1.81. The first-order valence-electron chi connectivity index (χ1n) is 7.85. The van der Waals surface area contributed by atoms with Crippen LogP contribution in [-0.2, 0) is 26.8 Å². The molecule has 2 aromatic carbocycles. The predicted octanol–water partition coefficient (Wildman–Crippen LogP) is 3.62. The highest BCUT2D eigenvalue weighted by molar-refractivity contribution is 7.85. The molecule has 1 aliphatic rings. The molecule has 3 nitrogen and oxygen atoms in total. The van der Waals surface area contributed by atoms with Crippen LogP contribution >= 0.6 is 0 Å². The molecule has 4 heteroatoms. The number of rotatable bonds is 5. The number of hydrogen-bond acceptors (Lipinski definition) is 3. The summed E-state index contributed by atoms with van der Waals surface area (Å²) in [5, 5.41) is 0. The Labute approximate surface area is 139 Å². The molecule has 120 valence electrons. The zero-order valence-corrected chi connectivity index (χ0v) is 13.9. The Kier molecular flexibility index (Phi) is 4.91. The van der Waals surface area contributed by atoms with Crippen molar-refractivity contribution in [3.63, 3.8) is 0 Å². The SMILES string of the molecule is Cc1ccc(S(=O)[C@@H]2C[C@@H](CCc3ccccc3)C(=O)O2)cc1. The Morgan fingerprint density at radius 2 is 1.78 bits per heavy atom. The second kappa shape index (κ2) is 7.09. The minimum Gasteiger partial charge on any atom is -0.448 e. The summed E-state index contributed by atoms with van der Waals surface area (Å²) < 4.78 is 17.9. The van der Waals surface area contributed by atoms with E-state index in [9.17, 15) is 9.00 Å². The lowest BCUT2D eigenvalue weighted by Crippen LogP contribution is -2.14. The van der Waals surface area contributed by atoms with Gasteiger partial charge in [-0.15, -0.1) is 0 Å². The van der Waals surface area contributed by atoms with E-state index < -0.39 is 16.2 Å². The van der Waals surface area contributed by atoms with E-state index in [1.165, 1.54) is 5.56 Å². The van der Waals surface area contributed by atoms with Crippen molar-refractivity contribution < 1.29 is 13.7 Å². The van der Waals surface area contributed by atoms with Crippen molar-refractivity contribution in [1.82, 2.24) is 0 Å². The summed E-state index contributed by atoms with van der Waals surface area (Å²) in [6.07, 6.45) is 2.11. The Balaban J connectivity index is 1.60. The van der Waals surface area contributed by atoms with Crippen LogP contribution in [0.2, 0.25) is 0 Å². The molecule has 0 radical (unpaired) electrons. The second-order valence-electron chi connectivity index (χ2n) is 5.93. The monoisotopic (exact) mass is 328 g/mol. The zero-order chi connectivity index (χ0) is 16.2. The molecule has 2 aromatic rings. The van der Waals surface area contributed by atoms with Crippen LogP contribution in [0.3, 0.4) is 0 Å². The standard InChI is InChI=1S/C19H20O3S/c1-14-7-11-17(12-8-14)23(21)18-13-16(19(20)22-18)10-9-15-5-3-2-4-6-15/h2-8,11-12,16,18H,9-10,13H2,1H3/t16-,18-,23?/m1/s1. The van der Waals surface area contributed by atoms with Gasteiger partial charge in [-0.2, -0.15) is 0 Å². The maximum Gasteiger partial charge on any atom is 0.310 e. The van der Waals surface area contributed by atoms with Crippen LogP contribution in [-0.4, -0.2) is 15.6 Å².